The van der Waals surface area contributed by atoms with Gasteiger partial charge in [0.1, 0.15) is 23.8 Å². The molecule has 4 N–H and O–H groups in total. The van der Waals surface area contributed by atoms with E-state index in [0.717, 1.165) is 23.6 Å². The van der Waals surface area contributed by atoms with Crippen LogP contribution in [0.3, 0.4) is 0 Å². The van der Waals surface area contributed by atoms with Crippen molar-refractivity contribution in [3.63, 3.8) is 0 Å². The summed E-state index contributed by atoms with van der Waals surface area (Å²) in [6.45, 7) is 5.91. The summed E-state index contributed by atoms with van der Waals surface area (Å²) in [5, 5.41) is 7.43. The zero-order chi connectivity index (χ0) is 20.6. The molecule has 0 aliphatic carbocycles. The van der Waals surface area contributed by atoms with Crippen molar-refractivity contribution < 1.29 is 27.9 Å². The average molecular weight is 410 g/mol. The normalized spacial score (nSPS) is 12.4. The first kappa shape index (κ1) is 22.0. The van der Waals surface area contributed by atoms with Crippen LogP contribution in [0.5, 0.6) is 17.2 Å². The van der Waals surface area contributed by atoms with Gasteiger partial charge in [-0.3, -0.25) is 0 Å². The first-order valence-corrected chi connectivity index (χ1v) is 10.8. The summed E-state index contributed by atoms with van der Waals surface area (Å²) in [5.74, 6) is 1.73. The van der Waals surface area contributed by atoms with Crippen molar-refractivity contribution in [1.82, 2.24) is 0 Å². The van der Waals surface area contributed by atoms with Gasteiger partial charge in [-0.25, -0.2) is 13.6 Å². The lowest BCUT2D eigenvalue weighted by atomic mass is 10.1. The number of primary sulfonamides is 1. The number of benzene rings is 2. The van der Waals surface area contributed by atoms with Crippen LogP contribution in [0.1, 0.15) is 19.4 Å². The Kier molecular flexibility index (Phi) is 8.10. The Morgan fingerprint density at radius 1 is 1.07 bits per heavy atom. The van der Waals surface area contributed by atoms with Gasteiger partial charge < -0.3 is 19.5 Å². The number of para-hydroxylation sites is 2. The number of methoxy groups -OCH3 is 1. The lowest BCUT2D eigenvalue weighted by Crippen LogP contribution is -2.90. The third-order valence-electron chi connectivity index (χ3n) is 4.19. The van der Waals surface area contributed by atoms with Gasteiger partial charge in [-0.05, 0) is 43.7 Å². The molecule has 2 rings (SSSR count). The maximum Gasteiger partial charge on any atom is 0.241 e. The predicted octanol–water partition coefficient (Wildman–Crippen LogP) is 1.31. The van der Waals surface area contributed by atoms with E-state index in [1.54, 1.807) is 12.1 Å². The van der Waals surface area contributed by atoms with Crippen molar-refractivity contribution in [3.8, 4) is 17.2 Å². The van der Waals surface area contributed by atoms with E-state index < -0.39 is 10.0 Å². The first-order valence-electron chi connectivity index (χ1n) is 9.22. The summed E-state index contributed by atoms with van der Waals surface area (Å²) in [4.78, 5) is 0.00978. The smallest absolute Gasteiger partial charge is 0.241 e. The van der Waals surface area contributed by atoms with E-state index in [1.165, 1.54) is 7.11 Å². The molecule has 0 amide bonds. The van der Waals surface area contributed by atoms with Crippen molar-refractivity contribution >= 4 is 10.0 Å². The molecule has 0 saturated heterocycles. The Balaban J connectivity index is 1.87. The molecule has 0 aliphatic rings. The van der Waals surface area contributed by atoms with Gasteiger partial charge in [0.05, 0.1) is 19.8 Å². The van der Waals surface area contributed by atoms with E-state index in [9.17, 15) is 8.42 Å². The largest absolute Gasteiger partial charge is 0.495 e. The molecule has 0 heterocycles. The van der Waals surface area contributed by atoms with Crippen LogP contribution in [0.25, 0.3) is 0 Å². The fourth-order valence-corrected chi connectivity index (χ4v) is 3.64. The molecule has 0 radical (unpaired) electrons. The number of rotatable bonds is 11. The van der Waals surface area contributed by atoms with Crippen LogP contribution < -0.4 is 24.7 Å². The molecule has 154 valence electrons. The van der Waals surface area contributed by atoms with Crippen molar-refractivity contribution in [2.24, 2.45) is 5.14 Å². The molecular formula is C20H29N2O5S+. The highest BCUT2D eigenvalue weighted by Crippen LogP contribution is 2.26. The third-order valence-corrected chi connectivity index (χ3v) is 5.12. The topological polar surface area (TPSA) is 104 Å². The summed E-state index contributed by atoms with van der Waals surface area (Å²) < 4.78 is 39.9. The molecule has 8 heteroatoms. The van der Waals surface area contributed by atoms with Crippen molar-refractivity contribution in [1.29, 1.82) is 0 Å². The molecule has 0 fully saturated rings. The van der Waals surface area contributed by atoms with Gasteiger partial charge in [-0.15, -0.1) is 0 Å². The van der Waals surface area contributed by atoms with Crippen LogP contribution in [0.15, 0.2) is 47.4 Å². The zero-order valence-electron chi connectivity index (χ0n) is 16.6. The Morgan fingerprint density at radius 3 is 2.36 bits per heavy atom. The fourth-order valence-electron chi connectivity index (χ4n) is 2.89. The summed E-state index contributed by atoms with van der Waals surface area (Å²) in [7, 11) is -2.41. The monoisotopic (exact) mass is 409 g/mol. The lowest BCUT2D eigenvalue weighted by Gasteiger charge is -2.14. The highest BCUT2D eigenvalue weighted by atomic mass is 32.2. The second kappa shape index (κ2) is 10.3. The molecule has 2 aromatic rings. The van der Waals surface area contributed by atoms with Gasteiger partial charge in [0.2, 0.25) is 10.0 Å². The predicted molar refractivity (Wildman–Crippen MR) is 107 cm³/mol. The molecular weight excluding hydrogens is 380 g/mol. The first-order chi connectivity index (χ1) is 13.3. The van der Waals surface area contributed by atoms with E-state index in [2.05, 4.69) is 12.2 Å². The SMILES string of the molecule is CCOc1ccccc1OCC[NH2+][C@@H](C)Cc1ccc(OC)c(S(N)(=O)=O)c1. The van der Waals surface area contributed by atoms with Gasteiger partial charge in [-0.1, -0.05) is 18.2 Å². The van der Waals surface area contributed by atoms with Crippen molar-refractivity contribution in [2.45, 2.75) is 31.2 Å². The second-order valence-electron chi connectivity index (χ2n) is 6.46. The molecule has 0 bridgehead atoms. The molecule has 0 spiro atoms. The maximum atomic E-state index is 11.7. The van der Waals surface area contributed by atoms with Gasteiger partial charge in [0.15, 0.2) is 11.5 Å². The highest BCUT2D eigenvalue weighted by molar-refractivity contribution is 7.89. The number of quaternary nitrogens is 1. The number of ether oxygens (including phenoxy) is 3. The minimum atomic E-state index is -3.83. The molecule has 1 atom stereocenters. The quantitative estimate of drug-likeness (QED) is 0.545. The highest BCUT2D eigenvalue weighted by Gasteiger charge is 2.17. The van der Waals surface area contributed by atoms with E-state index in [0.29, 0.717) is 19.6 Å². The average Bonchev–Trinajstić information content (AvgIpc) is 2.66. The number of sulfonamides is 1. The molecule has 2 aromatic carbocycles. The van der Waals surface area contributed by atoms with Crippen molar-refractivity contribution in [2.75, 3.05) is 26.9 Å². The zero-order valence-corrected chi connectivity index (χ0v) is 17.4. The molecule has 0 aromatic heterocycles. The maximum absolute atomic E-state index is 11.7. The van der Waals surface area contributed by atoms with Crippen molar-refractivity contribution in [3.05, 3.63) is 48.0 Å². The summed E-state index contributed by atoms with van der Waals surface area (Å²) >= 11 is 0. The van der Waals surface area contributed by atoms with Crippen LogP contribution in [-0.2, 0) is 16.4 Å². The molecule has 0 saturated carbocycles. The van der Waals surface area contributed by atoms with Crippen LogP contribution in [0.4, 0.5) is 0 Å². The van der Waals surface area contributed by atoms with Gasteiger partial charge >= 0.3 is 0 Å². The Labute approximate surface area is 166 Å². The fraction of sp³-hybridized carbons (Fsp3) is 0.400. The van der Waals surface area contributed by atoms with Crippen LogP contribution in [0.2, 0.25) is 0 Å². The summed E-state index contributed by atoms with van der Waals surface area (Å²) in [6, 6.07) is 12.9. The van der Waals surface area contributed by atoms with Gasteiger partial charge in [0.25, 0.3) is 0 Å². The Bertz CT molecular complexity index is 871. The van der Waals surface area contributed by atoms with E-state index in [1.807, 2.05) is 37.3 Å². The Morgan fingerprint density at radius 2 is 1.75 bits per heavy atom. The molecule has 28 heavy (non-hydrogen) atoms. The van der Waals surface area contributed by atoms with Crippen LogP contribution in [-0.4, -0.2) is 41.3 Å². The summed E-state index contributed by atoms with van der Waals surface area (Å²) in [6.07, 6.45) is 0.696. The standard InChI is InChI=1S/C20H28N2O5S/c1-4-26-17-7-5-6-8-18(17)27-12-11-22-15(2)13-16-9-10-19(25-3)20(14-16)28(21,23)24/h5-10,14-15,22H,4,11-13H2,1-3H3,(H2,21,23,24)/p+1/t15-/m0/s1. The van der Waals surface area contributed by atoms with E-state index in [-0.39, 0.29) is 16.7 Å². The second-order valence-corrected chi connectivity index (χ2v) is 7.99. The number of hydrogen-bond donors (Lipinski definition) is 2. The molecule has 0 aliphatic heterocycles. The van der Waals surface area contributed by atoms with Gasteiger partial charge in [0, 0.05) is 6.42 Å². The van der Waals surface area contributed by atoms with E-state index in [4.69, 9.17) is 19.3 Å². The Hall–Kier alpha value is -2.29. The minimum absolute atomic E-state index is 0.00978. The third kappa shape index (κ3) is 6.40. The number of nitrogens with two attached hydrogens (primary N) is 2. The van der Waals surface area contributed by atoms with E-state index >= 15 is 0 Å². The van der Waals surface area contributed by atoms with Crippen LogP contribution in [0, 0.1) is 0 Å². The van der Waals surface area contributed by atoms with Crippen LogP contribution >= 0.6 is 0 Å². The molecule has 0 unspecified atom stereocenters. The lowest BCUT2D eigenvalue weighted by molar-refractivity contribution is -0.686. The molecule has 7 nitrogen and oxygen atoms in total. The van der Waals surface area contributed by atoms with Gasteiger partial charge in [-0.2, -0.15) is 0 Å². The number of hydrogen-bond acceptors (Lipinski definition) is 5. The minimum Gasteiger partial charge on any atom is -0.495 e. The summed E-state index contributed by atoms with van der Waals surface area (Å²) in [5.41, 5.74) is 0.885.